The standard InChI is InChI=1S/C10H12N4OS/c1-7-6-16-8(13-7)5-12-10(15)9-11-3-4-14(9)2/h3-4,6H,5H2,1-2H3,(H,12,15). The van der Waals surface area contributed by atoms with Gasteiger partial charge in [0.2, 0.25) is 0 Å². The fourth-order valence-electron chi connectivity index (χ4n) is 1.30. The molecular weight excluding hydrogens is 224 g/mol. The molecule has 0 aliphatic rings. The molecule has 0 atom stereocenters. The SMILES string of the molecule is Cc1csc(CNC(=O)c2nccn2C)n1. The van der Waals surface area contributed by atoms with E-state index in [2.05, 4.69) is 15.3 Å². The summed E-state index contributed by atoms with van der Waals surface area (Å²) >= 11 is 1.54. The highest BCUT2D eigenvalue weighted by Crippen LogP contribution is 2.08. The lowest BCUT2D eigenvalue weighted by molar-refractivity contribution is 0.0937. The Hall–Kier alpha value is -1.69. The van der Waals surface area contributed by atoms with E-state index in [-0.39, 0.29) is 5.91 Å². The minimum absolute atomic E-state index is 0.180. The Morgan fingerprint density at radius 2 is 2.44 bits per heavy atom. The smallest absolute Gasteiger partial charge is 0.287 e. The Morgan fingerprint density at radius 3 is 3.00 bits per heavy atom. The third kappa shape index (κ3) is 2.27. The molecule has 0 aromatic carbocycles. The first kappa shape index (κ1) is 10.8. The van der Waals surface area contributed by atoms with Crippen LogP contribution in [0.4, 0.5) is 0 Å². The van der Waals surface area contributed by atoms with Crippen LogP contribution >= 0.6 is 11.3 Å². The summed E-state index contributed by atoms with van der Waals surface area (Å²) in [6.45, 7) is 2.38. The highest BCUT2D eigenvalue weighted by atomic mass is 32.1. The lowest BCUT2D eigenvalue weighted by Crippen LogP contribution is -2.25. The molecule has 1 amide bonds. The van der Waals surface area contributed by atoms with Crippen molar-refractivity contribution in [2.24, 2.45) is 7.05 Å². The van der Waals surface area contributed by atoms with Gasteiger partial charge in [0.05, 0.1) is 6.54 Å². The molecule has 0 radical (unpaired) electrons. The molecule has 84 valence electrons. The lowest BCUT2D eigenvalue weighted by Gasteiger charge is -2.02. The fourth-order valence-corrected chi connectivity index (χ4v) is 2.01. The van der Waals surface area contributed by atoms with E-state index in [9.17, 15) is 4.79 Å². The van der Waals surface area contributed by atoms with Crippen molar-refractivity contribution in [2.75, 3.05) is 0 Å². The van der Waals surface area contributed by atoms with Crippen molar-refractivity contribution in [1.82, 2.24) is 19.9 Å². The Balaban J connectivity index is 1.96. The molecular formula is C10H12N4OS. The summed E-state index contributed by atoms with van der Waals surface area (Å²) in [6, 6.07) is 0. The largest absolute Gasteiger partial charge is 0.343 e. The van der Waals surface area contributed by atoms with Crippen LogP contribution in [-0.4, -0.2) is 20.4 Å². The molecule has 1 N–H and O–H groups in total. The molecule has 0 aliphatic carbocycles. The molecule has 2 aromatic heterocycles. The molecule has 0 saturated carbocycles. The number of imidazole rings is 1. The number of carbonyl (C=O) groups is 1. The maximum absolute atomic E-state index is 11.7. The van der Waals surface area contributed by atoms with Crippen LogP contribution in [0.15, 0.2) is 17.8 Å². The average molecular weight is 236 g/mol. The molecule has 0 spiro atoms. The second-order valence-corrected chi connectivity index (χ2v) is 4.37. The molecule has 2 rings (SSSR count). The molecule has 16 heavy (non-hydrogen) atoms. The maximum Gasteiger partial charge on any atom is 0.287 e. The van der Waals surface area contributed by atoms with Crippen LogP contribution in [0.2, 0.25) is 0 Å². The summed E-state index contributed by atoms with van der Waals surface area (Å²) in [6.07, 6.45) is 3.34. The predicted molar refractivity (Wildman–Crippen MR) is 61.2 cm³/mol. The predicted octanol–water partition coefficient (Wildman–Crippen LogP) is 1.12. The Morgan fingerprint density at radius 1 is 1.62 bits per heavy atom. The first-order valence-electron chi connectivity index (χ1n) is 4.83. The number of hydrogen-bond donors (Lipinski definition) is 1. The zero-order chi connectivity index (χ0) is 11.5. The van der Waals surface area contributed by atoms with Gasteiger partial charge in [-0.3, -0.25) is 4.79 Å². The van der Waals surface area contributed by atoms with Gasteiger partial charge in [-0.05, 0) is 6.92 Å². The number of carbonyl (C=O) groups excluding carboxylic acids is 1. The van der Waals surface area contributed by atoms with E-state index >= 15 is 0 Å². The molecule has 0 unspecified atom stereocenters. The van der Waals surface area contributed by atoms with E-state index in [4.69, 9.17) is 0 Å². The second kappa shape index (κ2) is 4.44. The van der Waals surface area contributed by atoms with Crippen LogP contribution in [0.25, 0.3) is 0 Å². The number of nitrogens with one attached hydrogen (secondary N) is 1. The van der Waals surface area contributed by atoms with Crippen LogP contribution in [0, 0.1) is 6.92 Å². The van der Waals surface area contributed by atoms with E-state index in [1.54, 1.807) is 24.0 Å². The van der Waals surface area contributed by atoms with Gasteiger partial charge in [0.15, 0.2) is 5.82 Å². The topological polar surface area (TPSA) is 59.8 Å². The van der Waals surface area contributed by atoms with Crippen molar-refractivity contribution in [3.8, 4) is 0 Å². The van der Waals surface area contributed by atoms with Crippen LogP contribution in [0.3, 0.4) is 0 Å². The van der Waals surface area contributed by atoms with Gasteiger partial charge < -0.3 is 9.88 Å². The number of amides is 1. The minimum Gasteiger partial charge on any atom is -0.343 e. The average Bonchev–Trinajstić information content (AvgIpc) is 2.84. The van der Waals surface area contributed by atoms with Gasteiger partial charge in [-0.2, -0.15) is 0 Å². The first-order valence-corrected chi connectivity index (χ1v) is 5.71. The van der Waals surface area contributed by atoms with Crippen molar-refractivity contribution in [2.45, 2.75) is 13.5 Å². The molecule has 0 saturated heterocycles. The number of hydrogen-bond acceptors (Lipinski definition) is 4. The number of thiazole rings is 1. The van der Waals surface area contributed by atoms with Gasteiger partial charge in [-0.25, -0.2) is 9.97 Å². The normalized spacial score (nSPS) is 10.4. The third-order valence-corrected chi connectivity index (χ3v) is 3.06. The van der Waals surface area contributed by atoms with Crippen molar-refractivity contribution in [3.05, 3.63) is 34.3 Å². The summed E-state index contributed by atoms with van der Waals surface area (Å²) in [4.78, 5) is 19.9. The summed E-state index contributed by atoms with van der Waals surface area (Å²) in [5.41, 5.74) is 0.978. The number of aryl methyl sites for hydroxylation is 2. The number of rotatable bonds is 3. The van der Waals surface area contributed by atoms with E-state index in [0.717, 1.165) is 10.7 Å². The van der Waals surface area contributed by atoms with Crippen LogP contribution in [0.5, 0.6) is 0 Å². The lowest BCUT2D eigenvalue weighted by atomic mass is 10.5. The Kier molecular flexibility index (Phi) is 3.00. The van der Waals surface area contributed by atoms with Gasteiger partial charge in [-0.15, -0.1) is 11.3 Å². The molecule has 6 heteroatoms. The zero-order valence-electron chi connectivity index (χ0n) is 9.10. The minimum atomic E-state index is -0.180. The maximum atomic E-state index is 11.7. The van der Waals surface area contributed by atoms with Gasteiger partial charge in [0.1, 0.15) is 5.01 Å². The van der Waals surface area contributed by atoms with Crippen LogP contribution in [0.1, 0.15) is 21.3 Å². The van der Waals surface area contributed by atoms with Crippen molar-refractivity contribution in [3.63, 3.8) is 0 Å². The quantitative estimate of drug-likeness (QED) is 0.868. The summed E-state index contributed by atoms with van der Waals surface area (Å²) < 4.78 is 1.68. The van der Waals surface area contributed by atoms with Crippen LogP contribution < -0.4 is 5.32 Å². The Labute approximate surface area is 97.2 Å². The molecule has 0 aliphatic heterocycles. The van der Waals surface area contributed by atoms with Crippen molar-refractivity contribution >= 4 is 17.2 Å². The highest BCUT2D eigenvalue weighted by molar-refractivity contribution is 7.09. The second-order valence-electron chi connectivity index (χ2n) is 3.43. The molecule has 2 heterocycles. The van der Waals surface area contributed by atoms with Gasteiger partial charge in [0.25, 0.3) is 5.91 Å². The van der Waals surface area contributed by atoms with Gasteiger partial charge >= 0.3 is 0 Å². The third-order valence-electron chi connectivity index (χ3n) is 2.09. The van der Waals surface area contributed by atoms with Crippen molar-refractivity contribution < 1.29 is 4.79 Å². The van der Waals surface area contributed by atoms with E-state index in [1.165, 1.54) is 11.3 Å². The monoisotopic (exact) mass is 236 g/mol. The number of nitrogens with zero attached hydrogens (tertiary/aromatic N) is 3. The Bertz CT molecular complexity index is 502. The van der Waals surface area contributed by atoms with E-state index in [1.807, 2.05) is 12.3 Å². The summed E-state index contributed by atoms with van der Waals surface area (Å²) in [5.74, 6) is 0.230. The fraction of sp³-hybridized carbons (Fsp3) is 0.300. The van der Waals surface area contributed by atoms with E-state index < -0.39 is 0 Å². The highest BCUT2D eigenvalue weighted by Gasteiger charge is 2.10. The molecule has 2 aromatic rings. The summed E-state index contributed by atoms with van der Waals surface area (Å²) in [7, 11) is 1.79. The van der Waals surface area contributed by atoms with Gasteiger partial charge in [0, 0.05) is 30.5 Å². The zero-order valence-corrected chi connectivity index (χ0v) is 9.91. The summed E-state index contributed by atoms with van der Waals surface area (Å²) in [5, 5.41) is 5.64. The first-order chi connectivity index (χ1) is 7.66. The van der Waals surface area contributed by atoms with Gasteiger partial charge in [-0.1, -0.05) is 0 Å². The number of aromatic nitrogens is 3. The molecule has 0 bridgehead atoms. The molecule has 5 nitrogen and oxygen atoms in total. The van der Waals surface area contributed by atoms with E-state index in [0.29, 0.717) is 12.4 Å². The molecule has 0 fully saturated rings. The van der Waals surface area contributed by atoms with Crippen molar-refractivity contribution in [1.29, 1.82) is 0 Å². The van der Waals surface area contributed by atoms with Crippen LogP contribution in [-0.2, 0) is 13.6 Å².